The lowest BCUT2D eigenvalue weighted by Crippen LogP contribution is -2.06. The molecule has 2 N–H and O–H groups in total. The van der Waals surface area contributed by atoms with E-state index in [9.17, 15) is 13.2 Å². The molecule has 5 nitrogen and oxygen atoms in total. The Morgan fingerprint density at radius 1 is 1.14 bits per heavy atom. The van der Waals surface area contributed by atoms with Gasteiger partial charge in [0.1, 0.15) is 24.0 Å². The van der Waals surface area contributed by atoms with E-state index in [1.54, 1.807) is 19.2 Å². The molecule has 0 bridgehead atoms. The third kappa shape index (κ3) is 3.39. The molecular formula is C13H10F3N5. The zero-order valence-corrected chi connectivity index (χ0v) is 10.9. The van der Waals surface area contributed by atoms with Gasteiger partial charge in [-0.2, -0.15) is 18.4 Å². The average molecular weight is 293 g/mol. The van der Waals surface area contributed by atoms with Crippen LogP contribution in [0.1, 0.15) is 11.1 Å². The number of nitrogens with zero attached hydrogens (tertiary/aromatic N) is 3. The fourth-order valence-corrected chi connectivity index (χ4v) is 1.62. The number of nitrogens with one attached hydrogen (secondary N) is 2. The summed E-state index contributed by atoms with van der Waals surface area (Å²) in [6.07, 6.45) is -3.19. The first kappa shape index (κ1) is 14.6. The summed E-state index contributed by atoms with van der Waals surface area (Å²) in [6.45, 7) is 0. The molecule has 108 valence electrons. The predicted molar refractivity (Wildman–Crippen MR) is 71.0 cm³/mol. The lowest BCUT2D eigenvalue weighted by atomic mass is 10.1. The molecule has 1 aromatic heterocycles. The molecule has 2 rings (SSSR count). The van der Waals surface area contributed by atoms with Crippen molar-refractivity contribution in [2.75, 3.05) is 17.7 Å². The van der Waals surface area contributed by atoms with Crippen molar-refractivity contribution < 1.29 is 13.2 Å². The molecule has 0 amide bonds. The van der Waals surface area contributed by atoms with E-state index >= 15 is 0 Å². The summed E-state index contributed by atoms with van der Waals surface area (Å²) in [6, 6.07) is 6.20. The van der Waals surface area contributed by atoms with Gasteiger partial charge in [-0.1, -0.05) is 0 Å². The van der Waals surface area contributed by atoms with Gasteiger partial charge < -0.3 is 10.6 Å². The largest absolute Gasteiger partial charge is 0.416 e. The Bertz CT molecular complexity index is 691. The van der Waals surface area contributed by atoms with Crippen molar-refractivity contribution in [3.8, 4) is 6.07 Å². The SMILES string of the molecule is CNc1cc(Nc2ccc(C(F)(F)F)cc2C#N)ncn1. The van der Waals surface area contributed by atoms with E-state index in [0.717, 1.165) is 12.1 Å². The summed E-state index contributed by atoms with van der Waals surface area (Å²) in [5, 5.41) is 14.6. The van der Waals surface area contributed by atoms with Crippen LogP contribution in [0, 0.1) is 11.3 Å². The van der Waals surface area contributed by atoms with Crippen molar-refractivity contribution in [2.45, 2.75) is 6.18 Å². The molecule has 0 atom stereocenters. The summed E-state index contributed by atoms with van der Waals surface area (Å²) in [4.78, 5) is 7.85. The van der Waals surface area contributed by atoms with Crippen LogP contribution in [0.3, 0.4) is 0 Å². The maximum atomic E-state index is 12.6. The summed E-state index contributed by atoms with van der Waals surface area (Å²) < 4.78 is 37.8. The Hall–Kier alpha value is -2.82. The van der Waals surface area contributed by atoms with E-state index < -0.39 is 11.7 Å². The van der Waals surface area contributed by atoms with E-state index in [-0.39, 0.29) is 11.3 Å². The molecule has 1 aromatic carbocycles. The van der Waals surface area contributed by atoms with Gasteiger partial charge in [0, 0.05) is 13.1 Å². The van der Waals surface area contributed by atoms with Crippen LogP contribution in [0.4, 0.5) is 30.5 Å². The number of anilines is 3. The lowest BCUT2D eigenvalue weighted by Gasteiger charge is -2.11. The standard InChI is InChI=1S/C13H10F3N5/c1-18-11-5-12(20-7-19-11)21-10-3-2-9(13(14,15)16)4-8(10)6-17/h2-5,7H,1H3,(H2,18,19,20,21). The second kappa shape index (κ2) is 5.66. The number of hydrogen-bond acceptors (Lipinski definition) is 5. The molecule has 0 saturated carbocycles. The summed E-state index contributed by atoms with van der Waals surface area (Å²) >= 11 is 0. The molecule has 21 heavy (non-hydrogen) atoms. The summed E-state index contributed by atoms with van der Waals surface area (Å²) in [7, 11) is 1.67. The van der Waals surface area contributed by atoms with E-state index in [2.05, 4.69) is 20.6 Å². The average Bonchev–Trinajstić information content (AvgIpc) is 2.46. The maximum Gasteiger partial charge on any atom is 0.416 e. The molecule has 0 aliphatic heterocycles. The first-order valence-electron chi connectivity index (χ1n) is 5.82. The van der Waals surface area contributed by atoms with Crippen LogP contribution >= 0.6 is 0 Å². The molecule has 0 aliphatic rings. The highest BCUT2D eigenvalue weighted by Gasteiger charge is 2.31. The van der Waals surface area contributed by atoms with Crippen LogP contribution in [-0.2, 0) is 6.18 Å². The minimum atomic E-state index is -4.49. The van der Waals surface area contributed by atoms with Gasteiger partial charge in [0.25, 0.3) is 0 Å². The zero-order chi connectivity index (χ0) is 15.5. The molecule has 1 heterocycles. The predicted octanol–water partition coefficient (Wildman–Crippen LogP) is 3.15. The van der Waals surface area contributed by atoms with Crippen molar-refractivity contribution in [1.29, 1.82) is 5.26 Å². The smallest absolute Gasteiger partial charge is 0.373 e. The number of halogens is 3. The minimum Gasteiger partial charge on any atom is -0.373 e. The Morgan fingerprint density at radius 2 is 1.86 bits per heavy atom. The second-order valence-electron chi connectivity index (χ2n) is 4.03. The minimum absolute atomic E-state index is 0.116. The van der Waals surface area contributed by atoms with Crippen LogP contribution in [0.15, 0.2) is 30.6 Å². The number of alkyl halides is 3. The van der Waals surface area contributed by atoms with Crippen molar-refractivity contribution >= 4 is 17.3 Å². The number of nitriles is 1. The van der Waals surface area contributed by atoms with E-state index in [4.69, 9.17) is 5.26 Å². The normalized spacial score (nSPS) is 10.8. The lowest BCUT2D eigenvalue weighted by molar-refractivity contribution is -0.137. The molecule has 8 heteroatoms. The second-order valence-corrected chi connectivity index (χ2v) is 4.03. The van der Waals surface area contributed by atoms with Crippen LogP contribution in [0.5, 0.6) is 0 Å². The molecule has 0 spiro atoms. The molecule has 0 saturated heterocycles. The van der Waals surface area contributed by atoms with Crippen molar-refractivity contribution in [3.05, 3.63) is 41.7 Å². The number of hydrogen-bond donors (Lipinski definition) is 2. The van der Waals surface area contributed by atoms with Gasteiger partial charge in [0.2, 0.25) is 0 Å². The number of benzene rings is 1. The Kier molecular flexibility index (Phi) is 3.93. The van der Waals surface area contributed by atoms with Crippen LogP contribution in [0.2, 0.25) is 0 Å². The van der Waals surface area contributed by atoms with E-state index in [0.29, 0.717) is 11.6 Å². The van der Waals surface area contributed by atoms with Gasteiger partial charge in [0.05, 0.1) is 16.8 Å². The number of rotatable bonds is 3. The third-order valence-electron chi connectivity index (χ3n) is 2.65. The molecular weight excluding hydrogens is 283 g/mol. The summed E-state index contributed by atoms with van der Waals surface area (Å²) in [5.74, 6) is 0.906. The monoisotopic (exact) mass is 293 g/mol. The quantitative estimate of drug-likeness (QED) is 0.909. The molecule has 0 unspecified atom stereocenters. The van der Waals surface area contributed by atoms with Crippen LogP contribution < -0.4 is 10.6 Å². The van der Waals surface area contributed by atoms with Gasteiger partial charge in [0.15, 0.2) is 0 Å². The Labute approximate surface area is 118 Å². The van der Waals surface area contributed by atoms with Crippen molar-refractivity contribution in [3.63, 3.8) is 0 Å². The molecule has 2 aromatic rings. The summed E-state index contributed by atoms with van der Waals surface area (Å²) in [5.41, 5.74) is -0.746. The van der Waals surface area contributed by atoms with Crippen LogP contribution in [-0.4, -0.2) is 17.0 Å². The fourth-order valence-electron chi connectivity index (χ4n) is 1.62. The van der Waals surface area contributed by atoms with Gasteiger partial charge in [-0.25, -0.2) is 9.97 Å². The molecule has 0 aliphatic carbocycles. The zero-order valence-electron chi connectivity index (χ0n) is 10.9. The Morgan fingerprint density at radius 3 is 2.48 bits per heavy atom. The highest BCUT2D eigenvalue weighted by Crippen LogP contribution is 2.32. The van der Waals surface area contributed by atoms with Gasteiger partial charge in [-0.05, 0) is 18.2 Å². The highest BCUT2D eigenvalue weighted by atomic mass is 19.4. The van der Waals surface area contributed by atoms with E-state index in [1.807, 2.05) is 0 Å². The van der Waals surface area contributed by atoms with Crippen molar-refractivity contribution in [2.24, 2.45) is 0 Å². The fraction of sp³-hybridized carbons (Fsp3) is 0.154. The first-order chi connectivity index (χ1) is 9.94. The maximum absolute atomic E-state index is 12.6. The highest BCUT2D eigenvalue weighted by molar-refractivity contribution is 5.66. The number of aromatic nitrogens is 2. The van der Waals surface area contributed by atoms with Crippen LogP contribution in [0.25, 0.3) is 0 Å². The van der Waals surface area contributed by atoms with Gasteiger partial charge >= 0.3 is 6.18 Å². The molecule has 0 fully saturated rings. The van der Waals surface area contributed by atoms with E-state index in [1.165, 1.54) is 12.4 Å². The third-order valence-corrected chi connectivity index (χ3v) is 2.65. The van der Waals surface area contributed by atoms with Crippen molar-refractivity contribution in [1.82, 2.24) is 9.97 Å². The Balaban J connectivity index is 2.34. The first-order valence-corrected chi connectivity index (χ1v) is 5.82. The van der Waals surface area contributed by atoms with Gasteiger partial charge in [-0.3, -0.25) is 0 Å². The topological polar surface area (TPSA) is 73.6 Å². The van der Waals surface area contributed by atoms with Gasteiger partial charge in [-0.15, -0.1) is 0 Å². The molecule has 0 radical (unpaired) electrons.